The average Bonchev–Trinajstić information content (AvgIpc) is 3.25. The van der Waals surface area contributed by atoms with Crippen LogP contribution >= 0.6 is 11.3 Å². The fourth-order valence-corrected chi connectivity index (χ4v) is 5.04. The van der Waals surface area contributed by atoms with Crippen LogP contribution in [0.25, 0.3) is 0 Å². The van der Waals surface area contributed by atoms with Crippen LogP contribution in [0.1, 0.15) is 52.7 Å². The summed E-state index contributed by atoms with van der Waals surface area (Å²) < 4.78 is 0. The topological polar surface area (TPSA) is 40.6 Å². The highest BCUT2D eigenvalue weighted by molar-refractivity contribution is 7.10. The summed E-state index contributed by atoms with van der Waals surface area (Å²) in [6.45, 7) is 5.22. The van der Waals surface area contributed by atoms with E-state index in [0.717, 1.165) is 42.6 Å². The van der Waals surface area contributed by atoms with E-state index in [-0.39, 0.29) is 17.9 Å². The molecule has 5 heteroatoms. The summed E-state index contributed by atoms with van der Waals surface area (Å²) in [7, 11) is 0. The van der Waals surface area contributed by atoms with E-state index >= 15 is 0 Å². The first kappa shape index (κ1) is 16.3. The molecule has 4 nitrogen and oxygen atoms in total. The van der Waals surface area contributed by atoms with Gasteiger partial charge < -0.3 is 9.80 Å². The van der Waals surface area contributed by atoms with Gasteiger partial charge in [-0.05, 0) is 60.0 Å². The number of hydrogen-bond donors (Lipinski definition) is 0. The number of hydrogen-bond acceptors (Lipinski definition) is 3. The molecule has 3 heterocycles. The van der Waals surface area contributed by atoms with Crippen LogP contribution in [0, 0.1) is 0 Å². The van der Waals surface area contributed by atoms with Crippen molar-refractivity contribution in [2.45, 2.75) is 39.2 Å². The largest absolute Gasteiger partial charge is 0.331 e. The molecular formula is C20H22N2O2S. The summed E-state index contributed by atoms with van der Waals surface area (Å²) in [4.78, 5) is 30.1. The number of carbonyl (C=O) groups is 2. The highest BCUT2D eigenvalue weighted by Gasteiger charge is 2.31. The number of nitrogens with zero attached hydrogens (tertiary/aromatic N) is 2. The van der Waals surface area contributed by atoms with Gasteiger partial charge in [0, 0.05) is 36.1 Å². The van der Waals surface area contributed by atoms with Crippen molar-refractivity contribution in [2.75, 3.05) is 18.0 Å². The van der Waals surface area contributed by atoms with E-state index in [2.05, 4.69) is 18.4 Å². The van der Waals surface area contributed by atoms with Crippen molar-refractivity contribution in [2.24, 2.45) is 0 Å². The minimum Gasteiger partial charge on any atom is -0.331 e. The lowest BCUT2D eigenvalue weighted by atomic mass is 9.96. The quantitative estimate of drug-likeness (QED) is 0.823. The van der Waals surface area contributed by atoms with Crippen LogP contribution in [0.3, 0.4) is 0 Å². The van der Waals surface area contributed by atoms with Gasteiger partial charge in [-0.15, -0.1) is 11.3 Å². The molecule has 0 saturated carbocycles. The Morgan fingerprint density at radius 3 is 2.80 bits per heavy atom. The molecule has 0 radical (unpaired) electrons. The molecule has 1 aromatic heterocycles. The van der Waals surface area contributed by atoms with Crippen molar-refractivity contribution in [3.63, 3.8) is 0 Å². The zero-order chi connectivity index (χ0) is 17.6. The number of carbonyl (C=O) groups excluding carboxylic acids is 2. The molecule has 0 spiro atoms. The monoisotopic (exact) mass is 354 g/mol. The van der Waals surface area contributed by atoms with Crippen LogP contribution in [0.2, 0.25) is 0 Å². The molecule has 0 saturated heterocycles. The van der Waals surface area contributed by atoms with Gasteiger partial charge in [0.15, 0.2) is 0 Å². The molecule has 130 valence electrons. The van der Waals surface area contributed by atoms with Crippen LogP contribution < -0.4 is 4.90 Å². The second-order valence-corrected chi connectivity index (χ2v) is 7.74. The average molecular weight is 354 g/mol. The first-order valence-electron chi connectivity index (χ1n) is 8.88. The van der Waals surface area contributed by atoms with Crippen molar-refractivity contribution < 1.29 is 9.59 Å². The molecule has 1 atom stereocenters. The third-order valence-electron chi connectivity index (χ3n) is 5.34. The van der Waals surface area contributed by atoms with Gasteiger partial charge in [-0.25, -0.2) is 0 Å². The number of benzene rings is 1. The smallest absolute Gasteiger partial charge is 0.254 e. The van der Waals surface area contributed by atoms with E-state index in [1.165, 1.54) is 10.4 Å². The molecule has 0 bridgehead atoms. The second-order valence-electron chi connectivity index (χ2n) is 6.74. The van der Waals surface area contributed by atoms with Gasteiger partial charge in [0.25, 0.3) is 5.91 Å². The predicted molar refractivity (Wildman–Crippen MR) is 100 cm³/mol. The Morgan fingerprint density at radius 1 is 1.20 bits per heavy atom. The molecule has 0 aliphatic carbocycles. The Bertz CT molecular complexity index is 842. The van der Waals surface area contributed by atoms with E-state index in [1.54, 1.807) is 23.2 Å². The number of thiophene rings is 1. The molecule has 0 N–H and O–H groups in total. The van der Waals surface area contributed by atoms with Crippen LogP contribution in [-0.2, 0) is 17.6 Å². The van der Waals surface area contributed by atoms with Crippen LogP contribution in [0.15, 0.2) is 29.6 Å². The number of anilines is 1. The molecule has 2 aliphatic rings. The minimum atomic E-state index is 0.0601. The fourth-order valence-electron chi connectivity index (χ4n) is 4.11. The number of fused-ring (bicyclic) bond motifs is 2. The van der Waals surface area contributed by atoms with Crippen molar-refractivity contribution in [3.05, 3.63) is 51.2 Å². The molecule has 2 aliphatic heterocycles. The molecule has 25 heavy (non-hydrogen) atoms. The standard InChI is InChI=1S/C20H22N2O2S/c1-3-17-16-8-11-25-19(16)7-10-22(17)20(24)15-4-5-18-14(12-15)6-9-21(18)13(2)23/h4-5,8,11-12,17H,3,6-7,9-10H2,1-2H3. The molecule has 2 aromatic rings. The summed E-state index contributed by atoms with van der Waals surface area (Å²) in [6.07, 6.45) is 2.69. The zero-order valence-electron chi connectivity index (χ0n) is 14.6. The Balaban J connectivity index is 1.63. The zero-order valence-corrected chi connectivity index (χ0v) is 15.4. The lowest BCUT2D eigenvalue weighted by molar-refractivity contribution is -0.116. The van der Waals surface area contributed by atoms with Gasteiger partial charge in [0.05, 0.1) is 6.04 Å². The highest BCUT2D eigenvalue weighted by Crippen LogP contribution is 2.36. The lowest BCUT2D eigenvalue weighted by Crippen LogP contribution is -2.39. The fraction of sp³-hybridized carbons (Fsp3) is 0.400. The third-order valence-corrected chi connectivity index (χ3v) is 6.34. The summed E-state index contributed by atoms with van der Waals surface area (Å²) in [6, 6.07) is 8.12. The molecule has 2 amide bonds. The molecular weight excluding hydrogens is 332 g/mol. The maximum Gasteiger partial charge on any atom is 0.254 e. The Hall–Kier alpha value is -2.14. The van der Waals surface area contributed by atoms with Gasteiger partial charge in [-0.2, -0.15) is 0 Å². The number of rotatable bonds is 2. The van der Waals surface area contributed by atoms with Gasteiger partial charge in [0.2, 0.25) is 5.91 Å². The van der Waals surface area contributed by atoms with E-state index in [4.69, 9.17) is 0 Å². The van der Waals surface area contributed by atoms with E-state index < -0.39 is 0 Å². The van der Waals surface area contributed by atoms with Crippen molar-refractivity contribution in [1.29, 1.82) is 0 Å². The predicted octanol–water partition coefficient (Wildman–Crippen LogP) is 3.81. The van der Waals surface area contributed by atoms with Crippen LogP contribution in [0.5, 0.6) is 0 Å². The lowest BCUT2D eigenvalue weighted by Gasteiger charge is -2.35. The summed E-state index contributed by atoms with van der Waals surface area (Å²) in [5, 5.41) is 2.13. The normalized spacial score (nSPS) is 18.9. The van der Waals surface area contributed by atoms with Crippen molar-refractivity contribution >= 4 is 28.8 Å². The van der Waals surface area contributed by atoms with E-state index in [1.807, 2.05) is 23.1 Å². The SMILES string of the molecule is CCC1c2ccsc2CCN1C(=O)c1ccc2c(c1)CCN2C(C)=O. The highest BCUT2D eigenvalue weighted by atomic mass is 32.1. The molecule has 0 fully saturated rings. The maximum atomic E-state index is 13.2. The van der Waals surface area contributed by atoms with Crippen LogP contribution in [0.4, 0.5) is 5.69 Å². The first-order valence-corrected chi connectivity index (χ1v) is 9.76. The second kappa shape index (κ2) is 6.30. The van der Waals surface area contributed by atoms with Crippen LogP contribution in [-0.4, -0.2) is 29.8 Å². The maximum absolute atomic E-state index is 13.2. The third kappa shape index (κ3) is 2.67. The van der Waals surface area contributed by atoms with Gasteiger partial charge in [0.1, 0.15) is 0 Å². The molecule has 1 unspecified atom stereocenters. The molecule has 1 aromatic carbocycles. The summed E-state index contributed by atoms with van der Waals surface area (Å²) >= 11 is 1.80. The Morgan fingerprint density at radius 2 is 2.04 bits per heavy atom. The van der Waals surface area contributed by atoms with Crippen molar-refractivity contribution in [1.82, 2.24) is 4.90 Å². The van der Waals surface area contributed by atoms with Gasteiger partial charge in [-0.1, -0.05) is 6.92 Å². The van der Waals surface area contributed by atoms with E-state index in [0.29, 0.717) is 6.54 Å². The Kier molecular flexibility index (Phi) is 4.12. The Labute approximate surface area is 152 Å². The van der Waals surface area contributed by atoms with Gasteiger partial charge in [-0.3, -0.25) is 9.59 Å². The summed E-state index contributed by atoms with van der Waals surface area (Å²) in [5.41, 5.74) is 4.11. The van der Waals surface area contributed by atoms with Gasteiger partial charge >= 0.3 is 0 Å². The summed E-state index contributed by atoms with van der Waals surface area (Å²) in [5.74, 6) is 0.165. The molecule has 4 rings (SSSR count). The number of amides is 2. The van der Waals surface area contributed by atoms with E-state index in [9.17, 15) is 9.59 Å². The van der Waals surface area contributed by atoms with Crippen molar-refractivity contribution in [3.8, 4) is 0 Å². The first-order chi connectivity index (χ1) is 12.1. The minimum absolute atomic E-state index is 0.0601.